The van der Waals surface area contributed by atoms with Crippen LogP contribution < -0.4 is 0 Å². The Morgan fingerprint density at radius 1 is 1.04 bits per heavy atom. The summed E-state index contributed by atoms with van der Waals surface area (Å²) in [7, 11) is 1.34. The number of aromatic nitrogens is 4. The van der Waals surface area contributed by atoms with E-state index in [9.17, 15) is 4.79 Å². The van der Waals surface area contributed by atoms with Crippen molar-refractivity contribution >= 4 is 18.6 Å². The molecule has 6 nitrogen and oxygen atoms in total. The lowest BCUT2D eigenvalue weighted by molar-refractivity contribution is -0.147. The molecule has 23 heavy (non-hydrogen) atoms. The van der Waals surface area contributed by atoms with Gasteiger partial charge in [-0.2, -0.15) is 4.68 Å². The third-order valence-corrected chi connectivity index (χ3v) is 3.91. The Kier molecular flexibility index (Phi) is 4.12. The molecule has 2 aromatic carbocycles. The highest BCUT2D eigenvalue weighted by Crippen LogP contribution is 2.36. The first-order valence-electron chi connectivity index (χ1n) is 6.88. The van der Waals surface area contributed by atoms with Crippen LogP contribution >= 0.6 is 12.6 Å². The van der Waals surface area contributed by atoms with E-state index >= 15 is 0 Å². The van der Waals surface area contributed by atoms with Crippen LogP contribution in [0.5, 0.6) is 0 Å². The number of methoxy groups -OCH3 is 1. The minimum Gasteiger partial charge on any atom is -0.467 e. The first kappa shape index (κ1) is 15.2. The molecule has 7 heteroatoms. The number of benzene rings is 2. The van der Waals surface area contributed by atoms with Gasteiger partial charge in [0, 0.05) is 0 Å². The van der Waals surface area contributed by atoms with Crippen LogP contribution in [0.1, 0.15) is 11.1 Å². The summed E-state index contributed by atoms with van der Waals surface area (Å²) >= 11 is 4.30. The number of carbonyl (C=O) groups excluding carboxylic acids is 1. The van der Waals surface area contributed by atoms with Crippen LogP contribution in [0.25, 0.3) is 0 Å². The van der Waals surface area contributed by atoms with Crippen LogP contribution in [-0.2, 0) is 15.1 Å². The summed E-state index contributed by atoms with van der Waals surface area (Å²) in [5.74, 6) is -0.502. The quantitative estimate of drug-likeness (QED) is 0.586. The zero-order valence-electron chi connectivity index (χ0n) is 12.3. The van der Waals surface area contributed by atoms with Gasteiger partial charge < -0.3 is 4.74 Å². The number of hydrogen-bond acceptors (Lipinski definition) is 6. The van der Waals surface area contributed by atoms with Gasteiger partial charge in [-0.15, -0.1) is 17.7 Å². The molecule has 0 N–H and O–H groups in total. The van der Waals surface area contributed by atoms with E-state index in [4.69, 9.17) is 4.74 Å². The third-order valence-electron chi connectivity index (χ3n) is 3.63. The van der Waals surface area contributed by atoms with Gasteiger partial charge >= 0.3 is 5.97 Å². The SMILES string of the molecule is COC(=O)C(c1ccccc1)(c1ccccc1)n1nnnc1S. The highest BCUT2D eigenvalue weighted by molar-refractivity contribution is 7.80. The molecule has 0 radical (unpaired) electrons. The molecule has 0 spiro atoms. The molecule has 0 amide bonds. The average molecular weight is 326 g/mol. The molecule has 1 aromatic heterocycles. The third kappa shape index (κ3) is 2.39. The average Bonchev–Trinajstić information content (AvgIpc) is 3.04. The largest absolute Gasteiger partial charge is 0.467 e. The topological polar surface area (TPSA) is 69.9 Å². The number of thiol groups is 1. The molecule has 1 heterocycles. The molecule has 0 aliphatic heterocycles. The van der Waals surface area contributed by atoms with Crippen molar-refractivity contribution in [2.45, 2.75) is 10.7 Å². The predicted molar refractivity (Wildman–Crippen MR) is 86.1 cm³/mol. The standard InChI is InChI=1S/C16H14N4O2S/c1-22-14(21)16(12-8-4-2-5-9-12,13-10-6-3-7-11-13)20-15(23)17-18-19-20/h2-11H,1H3,(H,17,19,23). The van der Waals surface area contributed by atoms with Crippen molar-refractivity contribution in [1.29, 1.82) is 0 Å². The Morgan fingerprint density at radius 3 is 1.96 bits per heavy atom. The molecule has 3 aromatic rings. The van der Waals surface area contributed by atoms with Crippen molar-refractivity contribution in [2.24, 2.45) is 0 Å². The lowest BCUT2D eigenvalue weighted by Crippen LogP contribution is -2.46. The van der Waals surface area contributed by atoms with Crippen LogP contribution in [0.15, 0.2) is 65.8 Å². The van der Waals surface area contributed by atoms with E-state index in [0.29, 0.717) is 11.1 Å². The maximum Gasteiger partial charge on any atom is 0.343 e. The van der Waals surface area contributed by atoms with Gasteiger partial charge in [0.15, 0.2) is 0 Å². The second-order valence-corrected chi connectivity index (χ2v) is 5.22. The van der Waals surface area contributed by atoms with Gasteiger partial charge in [-0.1, -0.05) is 60.7 Å². The Morgan fingerprint density at radius 2 is 1.57 bits per heavy atom. The van der Waals surface area contributed by atoms with E-state index in [1.165, 1.54) is 11.8 Å². The number of carbonyl (C=O) groups is 1. The Balaban J connectivity index is 2.40. The van der Waals surface area contributed by atoms with Gasteiger partial charge in [-0.3, -0.25) is 0 Å². The predicted octanol–water partition coefficient (Wildman–Crippen LogP) is 1.93. The minimum absolute atomic E-state index is 0.211. The summed E-state index contributed by atoms with van der Waals surface area (Å²) in [6, 6.07) is 18.5. The van der Waals surface area contributed by atoms with E-state index < -0.39 is 11.5 Å². The molecule has 0 unspecified atom stereocenters. The van der Waals surface area contributed by atoms with Crippen molar-refractivity contribution < 1.29 is 9.53 Å². The molecule has 0 aliphatic rings. The van der Waals surface area contributed by atoms with E-state index in [-0.39, 0.29) is 5.16 Å². The van der Waals surface area contributed by atoms with E-state index in [1.54, 1.807) is 0 Å². The fourth-order valence-corrected chi connectivity index (χ4v) is 2.87. The van der Waals surface area contributed by atoms with E-state index in [1.807, 2.05) is 60.7 Å². The van der Waals surface area contributed by atoms with Crippen molar-refractivity contribution in [3.63, 3.8) is 0 Å². The van der Waals surface area contributed by atoms with Crippen LogP contribution in [0.2, 0.25) is 0 Å². The maximum absolute atomic E-state index is 12.9. The number of ether oxygens (including phenoxy) is 1. The molecule has 0 fully saturated rings. The molecule has 116 valence electrons. The highest BCUT2D eigenvalue weighted by Gasteiger charge is 2.47. The summed E-state index contributed by atoms with van der Waals surface area (Å²) < 4.78 is 6.48. The van der Waals surface area contributed by atoms with Crippen molar-refractivity contribution in [2.75, 3.05) is 7.11 Å². The molecular weight excluding hydrogens is 312 g/mol. The van der Waals surface area contributed by atoms with Crippen molar-refractivity contribution in [3.05, 3.63) is 71.8 Å². The molecule has 0 aliphatic carbocycles. The summed E-state index contributed by atoms with van der Waals surface area (Å²) in [4.78, 5) is 12.9. The van der Waals surface area contributed by atoms with E-state index in [0.717, 1.165) is 0 Å². The van der Waals surface area contributed by atoms with Crippen LogP contribution in [0.4, 0.5) is 0 Å². The summed E-state index contributed by atoms with van der Waals surface area (Å²) in [5, 5.41) is 11.6. The summed E-state index contributed by atoms with van der Waals surface area (Å²) in [6.07, 6.45) is 0. The lowest BCUT2D eigenvalue weighted by atomic mass is 9.83. The zero-order chi connectivity index (χ0) is 16.3. The fourth-order valence-electron chi connectivity index (χ4n) is 2.64. The van der Waals surface area contributed by atoms with Gasteiger partial charge in [0.25, 0.3) is 0 Å². The zero-order valence-corrected chi connectivity index (χ0v) is 13.2. The van der Waals surface area contributed by atoms with Gasteiger partial charge in [-0.05, 0) is 21.6 Å². The van der Waals surface area contributed by atoms with Crippen molar-refractivity contribution in [3.8, 4) is 0 Å². The van der Waals surface area contributed by atoms with Gasteiger partial charge in [0.1, 0.15) is 0 Å². The number of rotatable bonds is 4. The summed E-state index contributed by atoms with van der Waals surface area (Å²) in [5.41, 5.74) is 0.0130. The number of nitrogens with zero attached hydrogens (tertiary/aromatic N) is 4. The molecular formula is C16H14N4O2S. The normalized spacial score (nSPS) is 11.2. The van der Waals surface area contributed by atoms with Gasteiger partial charge in [-0.25, -0.2) is 4.79 Å². The molecule has 0 saturated carbocycles. The Hall–Kier alpha value is -2.67. The number of hydrogen-bond donors (Lipinski definition) is 1. The minimum atomic E-state index is -1.35. The van der Waals surface area contributed by atoms with Crippen molar-refractivity contribution in [1.82, 2.24) is 20.2 Å². The second-order valence-electron chi connectivity index (χ2n) is 4.82. The first-order chi connectivity index (χ1) is 11.2. The Labute approximate surface area is 138 Å². The lowest BCUT2D eigenvalue weighted by Gasteiger charge is -2.31. The van der Waals surface area contributed by atoms with Gasteiger partial charge in [0.05, 0.1) is 7.11 Å². The maximum atomic E-state index is 12.9. The van der Waals surface area contributed by atoms with E-state index in [2.05, 4.69) is 28.2 Å². The fraction of sp³-hybridized carbons (Fsp3) is 0.125. The second kappa shape index (κ2) is 6.21. The van der Waals surface area contributed by atoms with Crippen LogP contribution in [0.3, 0.4) is 0 Å². The molecule has 0 atom stereocenters. The Bertz CT molecular complexity index is 766. The van der Waals surface area contributed by atoms with Crippen LogP contribution in [-0.4, -0.2) is 33.3 Å². The first-order valence-corrected chi connectivity index (χ1v) is 7.33. The molecule has 0 bridgehead atoms. The van der Waals surface area contributed by atoms with Crippen LogP contribution in [0, 0.1) is 0 Å². The highest BCUT2D eigenvalue weighted by atomic mass is 32.1. The molecule has 0 saturated heterocycles. The molecule has 3 rings (SSSR count). The monoisotopic (exact) mass is 326 g/mol. The number of esters is 1. The number of tetrazole rings is 1. The summed E-state index contributed by atoms with van der Waals surface area (Å²) in [6.45, 7) is 0. The smallest absolute Gasteiger partial charge is 0.343 e. The van der Waals surface area contributed by atoms with Gasteiger partial charge in [0.2, 0.25) is 10.7 Å².